The molecule has 106 valence electrons. The molecule has 0 aliphatic rings. The molecule has 0 aliphatic heterocycles. The highest BCUT2D eigenvalue weighted by atomic mass is 19.4. The van der Waals surface area contributed by atoms with Crippen LogP contribution in [0.2, 0.25) is 0 Å². The summed E-state index contributed by atoms with van der Waals surface area (Å²) in [7, 11) is 1.72. The Morgan fingerprint density at radius 2 is 1.90 bits per heavy atom. The van der Waals surface area contributed by atoms with Crippen molar-refractivity contribution in [2.75, 3.05) is 7.05 Å². The summed E-state index contributed by atoms with van der Waals surface area (Å²) in [4.78, 5) is 4.18. The Balaban J connectivity index is 2.46. The average molecular weight is 280 g/mol. The van der Waals surface area contributed by atoms with Gasteiger partial charge in [-0.15, -0.1) is 0 Å². The monoisotopic (exact) mass is 280 g/mol. The van der Waals surface area contributed by atoms with E-state index in [2.05, 4.69) is 10.3 Å². The van der Waals surface area contributed by atoms with E-state index in [0.29, 0.717) is 5.56 Å². The molecule has 0 spiro atoms. The number of halogens is 3. The SMILES string of the molecule is CNC(c1cccc(C(F)(F)F)c1)c1cccnc1C. The largest absolute Gasteiger partial charge is 0.416 e. The van der Waals surface area contributed by atoms with E-state index in [1.54, 1.807) is 25.4 Å². The summed E-state index contributed by atoms with van der Waals surface area (Å²) in [6.45, 7) is 1.84. The molecule has 2 aromatic rings. The van der Waals surface area contributed by atoms with Gasteiger partial charge in [0.1, 0.15) is 0 Å². The molecule has 2 nitrogen and oxygen atoms in total. The summed E-state index contributed by atoms with van der Waals surface area (Å²) >= 11 is 0. The fraction of sp³-hybridized carbons (Fsp3) is 0.267. The van der Waals surface area contributed by atoms with Gasteiger partial charge in [0.15, 0.2) is 0 Å². The Hall–Kier alpha value is -1.88. The van der Waals surface area contributed by atoms with Gasteiger partial charge in [-0.05, 0) is 43.3 Å². The molecule has 0 radical (unpaired) electrons. The summed E-state index contributed by atoms with van der Waals surface area (Å²) in [5.41, 5.74) is 1.59. The fourth-order valence-corrected chi connectivity index (χ4v) is 2.20. The van der Waals surface area contributed by atoms with Crippen LogP contribution in [0, 0.1) is 6.92 Å². The van der Waals surface area contributed by atoms with Crippen LogP contribution >= 0.6 is 0 Å². The van der Waals surface area contributed by atoms with Crippen molar-refractivity contribution < 1.29 is 13.2 Å². The number of nitrogens with one attached hydrogen (secondary N) is 1. The van der Waals surface area contributed by atoms with E-state index in [-0.39, 0.29) is 6.04 Å². The van der Waals surface area contributed by atoms with E-state index in [1.165, 1.54) is 12.1 Å². The van der Waals surface area contributed by atoms with Crippen molar-refractivity contribution in [2.45, 2.75) is 19.1 Å². The maximum absolute atomic E-state index is 12.8. The highest BCUT2D eigenvalue weighted by molar-refractivity contribution is 5.36. The molecule has 1 heterocycles. The number of aryl methyl sites for hydroxylation is 1. The predicted octanol–water partition coefficient (Wildman–Crippen LogP) is 3.72. The van der Waals surface area contributed by atoms with Crippen molar-refractivity contribution >= 4 is 0 Å². The predicted molar refractivity (Wildman–Crippen MR) is 71.3 cm³/mol. The van der Waals surface area contributed by atoms with E-state index in [9.17, 15) is 13.2 Å². The van der Waals surface area contributed by atoms with Crippen LogP contribution in [-0.4, -0.2) is 12.0 Å². The Kier molecular flexibility index (Phi) is 4.09. The summed E-state index contributed by atoms with van der Waals surface area (Å²) < 4.78 is 38.4. The lowest BCUT2D eigenvalue weighted by Crippen LogP contribution is -2.19. The number of rotatable bonds is 3. The van der Waals surface area contributed by atoms with E-state index in [0.717, 1.165) is 17.3 Å². The zero-order chi connectivity index (χ0) is 14.8. The van der Waals surface area contributed by atoms with E-state index in [4.69, 9.17) is 0 Å². The van der Waals surface area contributed by atoms with Gasteiger partial charge in [0, 0.05) is 11.9 Å². The molecule has 0 fully saturated rings. The molecule has 1 atom stereocenters. The van der Waals surface area contributed by atoms with Crippen LogP contribution in [0.3, 0.4) is 0 Å². The van der Waals surface area contributed by atoms with Gasteiger partial charge in [-0.2, -0.15) is 13.2 Å². The van der Waals surface area contributed by atoms with Crippen molar-refractivity contribution in [2.24, 2.45) is 0 Å². The molecule has 2 rings (SSSR count). The molecule has 1 aromatic carbocycles. The Morgan fingerprint density at radius 1 is 1.15 bits per heavy atom. The maximum Gasteiger partial charge on any atom is 0.416 e. The topological polar surface area (TPSA) is 24.9 Å². The van der Waals surface area contributed by atoms with Crippen LogP contribution in [0.5, 0.6) is 0 Å². The van der Waals surface area contributed by atoms with Crippen LogP contribution in [-0.2, 0) is 6.18 Å². The first-order chi connectivity index (χ1) is 9.43. The average Bonchev–Trinajstić information content (AvgIpc) is 2.41. The Bertz CT molecular complexity index is 594. The zero-order valence-electron chi connectivity index (χ0n) is 11.2. The van der Waals surface area contributed by atoms with E-state index in [1.807, 2.05) is 13.0 Å². The van der Waals surface area contributed by atoms with Gasteiger partial charge in [-0.3, -0.25) is 4.98 Å². The van der Waals surface area contributed by atoms with Gasteiger partial charge in [0.25, 0.3) is 0 Å². The number of pyridine rings is 1. The molecule has 0 saturated heterocycles. The van der Waals surface area contributed by atoms with Gasteiger partial charge < -0.3 is 5.32 Å². The molecule has 1 aromatic heterocycles. The molecule has 1 N–H and O–H groups in total. The van der Waals surface area contributed by atoms with Crippen LogP contribution in [0.15, 0.2) is 42.6 Å². The van der Waals surface area contributed by atoms with Gasteiger partial charge in [0.2, 0.25) is 0 Å². The minimum Gasteiger partial charge on any atom is -0.309 e. The molecule has 0 aliphatic carbocycles. The first-order valence-corrected chi connectivity index (χ1v) is 6.19. The number of aromatic nitrogens is 1. The Morgan fingerprint density at radius 3 is 2.50 bits per heavy atom. The third-order valence-electron chi connectivity index (χ3n) is 3.19. The minimum atomic E-state index is -4.34. The normalized spacial score (nSPS) is 13.2. The van der Waals surface area contributed by atoms with Crippen molar-refractivity contribution in [3.63, 3.8) is 0 Å². The molecular weight excluding hydrogens is 265 g/mol. The number of nitrogens with zero attached hydrogens (tertiary/aromatic N) is 1. The second-order valence-corrected chi connectivity index (χ2v) is 4.52. The summed E-state index contributed by atoms with van der Waals surface area (Å²) in [6, 6.07) is 8.69. The van der Waals surface area contributed by atoms with Crippen molar-refractivity contribution in [1.82, 2.24) is 10.3 Å². The molecule has 1 unspecified atom stereocenters. The number of alkyl halides is 3. The van der Waals surface area contributed by atoms with Crippen molar-refractivity contribution in [1.29, 1.82) is 0 Å². The van der Waals surface area contributed by atoms with Gasteiger partial charge >= 0.3 is 6.18 Å². The quantitative estimate of drug-likeness (QED) is 0.927. The Labute approximate surface area is 115 Å². The van der Waals surface area contributed by atoms with Crippen LogP contribution < -0.4 is 5.32 Å². The van der Waals surface area contributed by atoms with E-state index < -0.39 is 11.7 Å². The molecule has 0 saturated carbocycles. The first-order valence-electron chi connectivity index (χ1n) is 6.19. The highest BCUT2D eigenvalue weighted by Crippen LogP contribution is 2.32. The van der Waals surface area contributed by atoms with Crippen molar-refractivity contribution in [3.8, 4) is 0 Å². The second kappa shape index (κ2) is 5.63. The minimum absolute atomic E-state index is 0.314. The fourth-order valence-electron chi connectivity index (χ4n) is 2.20. The number of benzene rings is 1. The van der Waals surface area contributed by atoms with E-state index >= 15 is 0 Å². The maximum atomic E-state index is 12.8. The van der Waals surface area contributed by atoms with Crippen LogP contribution in [0.25, 0.3) is 0 Å². The summed E-state index contributed by atoms with van der Waals surface area (Å²) in [6.07, 6.45) is -2.67. The zero-order valence-corrected chi connectivity index (χ0v) is 11.2. The lowest BCUT2D eigenvalue weighted by molar-refractivity contribution is -0.137. The molecule has 5 heteroatoms. The molecule has 0 bridgehead atoms. The highest BCUT2D eigenvalue weighted by Gasteiger charge is 2.31. The van der Waals surface area contributed by atoms with Crippen LogP contribution in [0.4, 0.5) is 13.2 Å². The lowest BCUT2D eigenvalue weighted by atomic mass is 9.96. The molecule has 20 heavy (non-hydrogen) atoms. The van der Waals surface area contributed by atoms with Gasteiger partial charge in [-0.1, -0.05) is 18.2 Å². The van der Waals surface area contributed by atoms with Gasteiger partial charge in [0.05, 0.1) is 11.6 Å². The summed E-state index contributed by atoms with van der Waals surface area (Å²) in [5, 5.41) is 3.05. The number of hydrogen-bond acceptors (Lipinski definition) is 2. The molecule has 0 amide bonds. The third-order valence-corrected chi connectivity index (χ3v) is 3.19. The van der Waals surface area contributed by atoms with Crippen LogP contribution in [0.1, 0.15) is 28.4 Å². The molecular formula is C15H15F3N2. The number of hydrogen-bond donors (Lipinski definition) is 1. The third kappa shape index (κ3) is 2.99. The van der Waals surface area contributed by atoms with Gasteiger partial charge in [-0.25, -0.2) is 0 Å². The standard InChI is InChI=1S/C15H15F3N2/c1-10-13(7-4-8-20-10)14(19-2)11-5-3-6-12(9-11)15(16,17)18/h3-9,14,19H,1-2H3. The second-order valence-electron chi connectivity index (χ2n) is 4.52. The summed E-state index contributed by atoms with van der Waals surface area (Å²) in [5.74, 6) is 0. The first kappa shape index (κ1) is 14.5. The lowest BCUT2D eigenvalue weighted by Gasteiger charge is -2.20. The van der Waals surface area contributed by atoms with Crippen molar-refractivity contribution in [3.05, 3.63) is 65.0 Å². The smallest absolute Gasteiger partial charge is 0.309 e.